The maximum atomic E-state index is 10.9. The van der Waals surface area contributed by atoms with Crippen molar-refractivity contribution < 1.29 is 4.79 Å². The van der Waals surface area contributed by atoms with Crippen LogP contribution in [0.4, 0.5) is 0 Å². The van der Waals surface area contributed by atoms with E-state index in [1.165, 1.54) is 26.3 Å². The Labute approximate surface area is 78.4 Å². The molecule has 0 N–H and O–H groups in total. The van der Waals surface area contributed by atoms with Gasteiger partial charge in [-0.15, -0.1) is 0 Å². The van der Waals surface area contributed by atoms with Crippen LogP contribution in [0.1, 0.15) is 39.5 Å². The highest BCUT2D eigenvalue weighted by Gasteiger charge is 2.14. The van der Waals surface area contributed by atoms with Gasteiger partial charge in [-0.2, -0.15) is 0 Å². The molecule has 0 aromatic carbocycles. The molecule has 4 heteroatoms. The minimum absolute atomic E-state index is 0.0122. The highest BCUT2D eigenvalue weighted by molar-refractivity contribution is 7.41. The third kappa shape index (κ3) is 5.51. The molecule has 0 saturated heterocycles. The summed E-state index contributed by atoms with van der Waals surface area (Å²) >= 11 is 0. The number of carbonyl (C=O) groups is 1. The summed E-state index contributed by atoms with van der Waals surface area (Å²) in [5.74, 6) is 0. The van der Waals surface area contributed by atoms with Crippen molar-refractivity contribution in [2.45, 2.75) is 45.9 Å². The number of hydrogen-bond donors (Lipinski definition) is 0. The van der Waals surface area contributed by atoms with Crippen LogP contribution in [0.3, 0.4) is 0 Å². The molecule has 0 aliphatic rings. The minimum atomic E-state index is -0.0122. The molecule has 0 fully saturated rings. The van der Waals surface area contributed by atoms with Gasteiger partial charge >= 0.3 is 0 Å². The van der Waals surface area contributed by atoms with E-state index < -0.39 is 0 Å². The molecule has 0 amide bonds. The smallest absolute Gasteiger partial charge is 0.172 e. The van der Waals surface area contributed by atoms with Crippen LogP contribution in [-0.2, 0) is 4.79 Å². The van der Waals surface area contributed by atoms with Crippen molar-refractivity contribution >= 4 is 27.1 Å². The van der Waals surface area contributed by atoms with Crippen molar-refractivity contribution in [3.05, 3.63) is 0 Å². The van der Waals surface area contributed by atoms with Gasteiger partial charge in [0, 0.05) is 14.8 Å². The van der Waals surface area contributed by atoms with Gasteiger partial charge in [0.05, 0.1) is 5.68 Å². The molecule has 0 rings (SSSR count). The Morgan fingerprint density at radius 1 is 1.42 bits per heavy atom. The minimum Gasteiger partial charge on any atom is -0.312 e. The van der Waals surface area contributed by atoms with Crippen molar-refractivity contribution in [3.63, 3.8) is 0 Å². The first kappa shape index (κ1) is 11.9. The first-order chi connectivity index (χ1) is 5.72. The van der Waals surface area contributed by atoms with Gasteiger partial charge in [0.1, 0.15) is 0 Å². The fourth-order valence-corrected chi connectivity index (χ4v) is 1.23. The molecule has 0 aliphatic carbocycles. The predicted octanol–water partition coefficient (Wildman–Crippen LogP) is 1.47. The molecule has 63 valence electrons. The summed E-state index contributed by atoms with van der Waals surface area (Å²) in [4.78, 5) is 10.9. The van der Waals surface area contributed by atoms with Gasteiger partial charge in [-0.1, -0.05) is 38.9 Å². The van der Waals surface area contributed by atoms with Gasteiger partial charge in [-0.3, -0.25) is 0 Å². The molecule has 0 bridgehead atoms. The highest BCUT2D eigenvalue weighted by Crippen LogP contribution is 2.05. The van der Waals surface area contributed by atoms with Crippen LogP contribution < -0.4 is 0 Å². The molecule has 0 heterocycles. The SMILES string of the molecule is [B][B]B(CCCCCC)C(C)=O. The van der Waals surface area contributed by atoms with Gasteiger partial charge in [-0.25, -0.2) is 0 Å². The van der Waals surface area contributed by atoms with E-state index in [1.54, 1.807) is 6.92 Å². The summed E-state index contributed by atoms with van der Waals surface area (Å²) in [5.41, 5.74) is 0.189. The van der Waals surface area contributed by atoms with Crippen molar-refractivity contribution in [2.75, 3.05) is 0 Å². The predicted molar refractivity (Wildman–Crippen MR) is 56.9 cm³/mol. The molecule has 12 heavy (non-hydrogen) atoms. The quantitative estimate of drug-likeness (QED) is 0.407. The zero-order chi connectivity index (χ0) is 9.40. The Hall–Kier alpha value is -0.135. The molecule has 0 aliphatic heterocycles. The van der Waals surface area contributed by atoms with Crippen molar-refractivity contribution in [1.29, 1.82) is 0 Å². The average molecular weight is 161 g/mol. The lowest BCUT2D eigenvalue weighted by molar-refractivity contribution is -0.110. The molecule has 0 aromatic heterocycles. The fourth-order valence-electron chi connectivity index (χ4n) is 1.23. The Kier molecular flexibility index (Phi) is 7.43. The van der Waals surface area contributed by atoms with E-state index in [9.17, 15) is 4.79 Å². The van der Waals surface area contributed by atoms with Crippen LogP contribution in [0.25, 0.3) is 0 Å². The summed E-state index contributed by atoms with van der Waals surface area (Å²) in [6, 6.07) is 0. The maximum absolute atomic E-state index is 10.9. The highest BCUT2D eigenvalue weighted by atomic mass is 16.1. The molecule has 1 nitrogen and oxygen atoms in total. The van der Waals surface area contributed by atoms with Crippen LogP contribution in [0.5, 0.6) is 0 Å². The number of rotatable bonds is 7. The standard InChI is InChI=1S/C8H16B3O/c1-3-4-5-6-7-11(10-9)8(2)12/h3-7H2,1-2H3. The molecule has 0 aromatic rings. The Bertz CT molecular complexity index is 127. The molecule has 0 unspecified atom stereocenters. The van der Waals surface area contributed by atoms with Crippen LogP contribution in [0.15, 0.2) is 0 Å². The Morgan fingerprint density at radius 2 is 2.08 bits per heavy atom. The molecular formula is C8H16B3O. The van der Waals surface area contributed by atoms with E-state index in [-0.39, 0.29) is 12.3 Å². The van der Waals surface area contributed by atoms with E-state index in [2.05, 4.69) is 6.92 Å². The van der Waals surface area contributed by atoms with Crippen LogP contribution in [-0.4, -0.2) is 27.1 Å². The first-order valence-corrected chi connectivity index (χ1v) is 4.77. The van der Waals surface area contributed by atoms with Gasteiger partial charge in [0.15, 0.2) is 6.60 Å². The van der Waals surface area contributed by atoms with Crippen LogP contribution >= 0.6 is 0 Å². The molecular weight excluding hydrogens is 145 g/mol. The summed E-state index contributed by atoms with van der Waals surface area (Å²) in [6.45, 7) is 3.77. The lowest BCUT2D eigenvalue weighted by atomic mass is 9.11. The third-order valence-corrected chi connectivity index (χ3v) is 2.12. The van der Waals surface area contributed by atoms with Gasteiger partial charge < -0.3 is 4.79 Å². The monoisotopic (exact) mass is 161 g/mol. The Morgan fingerprint density at radius 3 is 2.50 bits per heavy atom. The lowest BCUT2D eigenvalue weighted by Gasteiger charge is -2.06. The summed E-state index contributed by atoms with van der Waals surface area (Å²) in [6.07, 6.45) is 5.75. The number of unbranched alkanes of at least 4 members (excludes halogenated alkanes) is 3. The van der Waals surface area contributed by atoms with E-state index in [1.807, 2.05) is 0 Å². The van der Waals surface area contributed by atoms with E-state index in [0.29, 0.717) is 0 Å². The summed E-state index contributed by atoms with van der Waals surface area (Å²) in [7, 11) is 6.86. The lowest BCUT2D eigenvalue weighted by Crippen LogP contribution is -2.31. The normalized spacial score (nSPS) is 9.50. The van der Waals surface area contributed by atoms with Crippen LogP contribution in [0.2, 0.25) is 6.32 Å². The van der Waals surface area contributed by atoms with Crippen molar-refractivity contribution in [2.24, 2.45) is 0 Å². The van der Waals surface area contributed by atoms with Crippen molar-refractivity contribution in [1.82, 2.24) is 0 Å². The van der Waals surface area contributed by atoms with Gasteiger partial charge in [0.25, 0.3) is 0 Å². The Balaban J connectivity index is 3.38. The number of carbonyl (C=O) groups excluding carboxylic acids is 1. The van der Waals surface area contributed by atoms with Crippen LogP contribution in [0, 0.1) is 0 Å². The molecule has 0 saturated carbocycles. The number of hydrogen-bond acceptors (Lipinski definition) is 1. The fraction of sp³-hybridized carbons (Fsp3) is 0.875. The first-order valence-electron chi connectivity index (χ1n) is 4.77. The molecule has 3 radical (unpaired) electrons. The largest absolute Gasteiger partial charge is 0.312 e. The van der Waals surface area contributed by atoms with E-state index in [0.717, 1.165) is 12.7 Å². The van der Waals surface area contributed by atoms with Gasteiger partial charge in [0.2, 0.25) is 0 Å². The second kappa shape index (κ2) is 7.51. The molecule has 0 atom stereocenters. The van der Waals surface area contributed by atoms with E-state index in [4.69, 9.17) is 7.74 Å². The third-order valence-electron chi connectivity index (χ3n) is 2.12. The second-order valence-corrected chi connectivity index (χ2v) is 3.26. The van der Waals surface area contributed by atoms with Gasteiger partial charge in [-0.05, 0) is 6.92 Å². The summed E-state index contributed by atoms with van der Waals surface area (Å²) in [5, 5.41) is 0. The molecule has 0 spiro atoms. The average Bonchev–Trinajstić information content (AvgIpc) is 2.04. The zero-order valence-corrected chi connectivity index (χ0v) is 8.18. The topological polar surface area (TPSA) is 17.1 Å². The summed E-state index contributed by atoms with van der Waals surface area (Å²) < 4.78 is 0. The maximum Gasteiger partial charge on any atom is 0.172 e. The zero-order valence-electron chi connectivity index (χ0n) is 8.18. The van der Waals surface area contributed by atoms with E-state index >= 15 is 0 Å². The second-order valence-electron chi connectivity index (χ2n) is 3.26. The van der Waals surface area contributed by atoms with Crippen molar-refractivity contribution in [3.8, 4) is 0 Å².